The van der Waals surface area contributed by atoms with Gasteiger partial charge in [-0.2, -0.15) is 0 Å². The number of nitrogens with zero attached hydrogens (tertiary/aromatic N) is 1. The number of carboxylic acid groups (broad SMARTS) is 1. The van der Waals surface area contributed by atoms with Crippen molar-refractivity contribution in [3.8, 4) is 5.75 Å². The Hall–Kier alpha value is -2.60. The first-order valence-corrected chi connectivity index (χ1v) is 6.25. The van der Waals surface area contributed by atoms with Crippen molar-refractivity contribution in [3.63, 3.8) is 0 Å². The molecule has 6 nitrogen and oxygen atoms in total. The van der Waals surface area contributed by atoms with Crippen molar-refractivity contribution < 1.29 is 19.6 Å². The van der Waals surface area contributed by atoms with Gasteiger partial charge in [-0.1, -0.05) is 29.8 Å². The summed E-state index contributed by atoms with van der Waals surface area (Å²) in [6, 6.07) is 10.6. The number of hydrogen-bond donors (Lipinski definition) is 1. The van der Waals surface area contributed by atoms with Crippen molar-refractivity contribution in [1.82, 2.24) is 0 Å². The van der Waals surface area contributed by atoms with Gasteiger partial charge < -0.3 is 9.84 Å². The van der Waals surface area contributed by atoms with Gasteiger partial charge in [-0.25, -0.2) is 4.79 Å². The van der Waals surface area contributed by atoms with Gasteiger partial charge in [-0.15, -0.1) is 0 Å². The lowest BCUT2D eigenvalue weighted by Gasteiger charge is -2.08. The molecular weight excluding hydrogens is 298 g/mol. The first-order valence-electron chi connectivity index (χ1n) is 5.87. The minimum atomic E-state index is -1.38. The number of nitro benzene ring substituents is 1. The van der Waals surface area contributed by atoms with Crippen LogP contribution in [0.3, 0.4) is 0 Å². The first-order chi connectivity index (χ1) is 9.99. The Morgan fingerprint density at radius 1 is 1.29 bits per heavy atom. The third-order valence-electron chi connectivity index (χ3n) is 2.75. The maximum absolute atomic E-state index is 11.0. The summed E-state index contributed by atoms with van der Waals surface area (Å²) in [5.41, 5.74) is -0.168. The highest BCUT2D eigenvalue weighted by molar-refractivity contribution is 6.31. The summed E-state index contributed by atoms with van der Waals surface area (Å²) in [7, 11) is 0. The molecule has 0 saturated carbocycles. The molecule has 21 heavy (non-hydrogen) atoms. The minimum Gasteiger partial charge on any atom is -0.489 e. The molecule has 0 aliphatic heterocycles. The average Bonchev–Trinajstić information content (AvgIpc) is 2.46. The zero-order valence-corrected chi connectivity index (χ0v) is 11.4. The minimum absolute atomic E-state index is 0.135. The van der Waals surface area contributed by atoms with Gasteiger partial charge >= 0.3 is 5.97 Å². The van der Waals surface area contributed by atoms with E-state index < -0.39 is 22.1 Å². The summed E-state index contributed by atoms with van der Waals surface area (Å²) in [6.07, 6.45) is 0. The zero-order chi connectivity index (χ0) is 15.4. The number of ether oxygens (including phenoxy) is 1. The van der Waals surface area contributed by atoms with E-state index in [2.05, 4.69) is 0 Å². The number of nitro groups is 1. The number of benzene rings is 2. The molecule has 0 heterocycles. The van der Waals surface area contributed by atoms with Crippen LogP contribution in [0.1, 0.15) is 15.9 Å². The van der Waals surface area contributed by atoms with E-state index >= 15 is 0 Å². The quantitative estimate of drug-likeness (QED) is 0.674. The Kier molecular flexibility index (Phi) is 4.39. The molecule has 0 fully saturated rings. The number of hydrogen-bond acceptors (Lipinski definition) is 4. The van der Waals surface area contributed by atoms with Crippen LogP contribution in [0.2, 0.25) is 5.02 Å². The van der Waals surface area contributed by atoms with Crippen molar-refractivity contribution >= 4 is 23.3 Å². The van der Waals surface area contributed by atoms with Crippen LogP contribution in [0.5, 0.6) is 5.75 Å². The number of rotatable bonds is 5. The summed E-state index contributed by atoms with van der Waals surface area (Å²) in [5.74, 6) is -1.16. The number of aromatic carboxylic acids is 1. The maximum atomic E-state index is 11.0. The van der Waals surface area contributed by atoms with E-state index in [1.165, 1.54) is 6.07 Å². The van der Waals surface area contributed by atoms with Crippen LogP contribution in [0.15, 0.2) is 42.5 Å². The Bertz CT molecular complexity index is 702. The average molecular weight is 308 g/mol. The molecule has 0 radical (unpaired) electrons. The van der Waals surface area contributed by atoms with E-state index in [1.807, 2.05) is 0 Å². The molecule has 2 aromatic rings. The lowest BCUT2D eigenvalue weighted by molar-refractivity contribution is -0.385. The Morgan fingerprint density at radius 3 is 2.62 bits per heavy atom. The van der Waals surface area contributed by atoms with Crippen LogP contribution in [0.4, 0.5) is 5.69 Å². The molecule has 1 N–H and O–H groups in total. The standard InChI is InChI=1S/C14H10ClNO5/c15-12-4-2-1-3-9(12)8-21-10-5-6-13(16(19)20)11(7-10)14(17)18/h1-7H,8H2,(H,17,18). The number of halogens is 1. The van der Waals surface area contributed by atoms with Gasteiger partial charge in [0.2, 0.25) is 0 Å². The molecule has 0 spiro atoms. The van der Waals surface area contributed by atoms with Crippen LogP contribution in [-0.4, -0.2) is 16.0 Å². The molecule has 7 heteroatoms. The molecule has 0 saturated heterocycles. The number of carbonyl (C=O) groups is 1. The zero-order valence-electron chi connectivity index (χ0n) is 10.7. The smallest absolute Gasteiger partial charge is 0.342 e. The highest BCUT2D eigenvalue weighted by Crippen LogP contribution is 2.25. The molecule has 0 atom stereocenters. The summed E-state index contributed by atoms with van der Waals surface area (Å²) in [4.78, 5) is 21.0. The first kappa shape index (κ1) is 14.8. The lowest BCUT2D eigenvalue weighted by atomic mass is 10.1. The second-order valence-electron chi connectivity index (χ2n) is 4.12. The monoisotopic (exact) mass is 307 g/mol. The molecule has 2 rings (SSSR count). The van der Waals surface area contributed by atoms with Crippen LogP contribution in [-0.2, 0) is 6.61 Å². The molecular formula is C14H10ClNO5. The topological polar surface area (TPSA) is 89.7 Å². The molecule has 2 aromatic carbocycles. The van der Waals surface area contributed by atoms with E-state index in [0.29, 0.717) is 5.02 Å². The van der Waals surface area contributed by atoms with Gasteiger partial charge in [-0.3, -0.25) is 10.1 Å². The summed E-state index contributed by atoms with van der Waals surface area (Å²) in [5, 5.41) is 20.3. The second kappa shape index (κ2) is 6.23. The predicted octanol–water partition coefficient (Wildman–Crippen LogP) is 3.53. The van der Waals surface area contributed by atoms with E-state index in [0.717, 1.165) is 17.7 Å². The van der Waals surface area contributed by atoms with E-state index in [9.17, 15) is 14.9 Å². The summed E-state index contributed by atoms with van der Waals surface area (Å²) < 4.78 is 5.43. The Balaban J connectivity index is 2.22. The van der Waals surface area contributed by atoms with Crippen LogP contribution >= 0.6 is 11.6 Å². The molecule has 0 aliphatic rings. The molecule has 0 aromatic heterocycles. The van der Waals surface area contributed by atoms with Gasteiger partial charge in [0, 0.05) is 22.7 Å². The van der Waals surface area contributed by atoms with Crippen molar-refractivity contribution in [2.45, 2.75) is 6.61 Å². The molecule has 0 unspecified atom stereocenters. The molecule has 108 valence electrons. The second-order valence-corrected chi connectivity index (χ2v) is 4.53. The highest BCUT2D eigenvalue weighted by atomic mass is 35.5. The Labute approximate surface area is 124 Å². The third kappa shape index (κ3) is 3.49. The fourth-order valence-electron chi connectivity index (χ4n) is 1.71. The van der Waals surface area contributed by atoms with Gasteiger partial charge in [0.05, 0.1) is 4.92 Å². The summed E-state index contributed by atoms with van der Waals surface area (Å²) >= 11 is 5.98. The molecule has 0 bridgehead atoms. The van der Waals surface area contributed by atoms with E-state index in [1.54, 1.807) is 24.3 Å². The van der Waals surface area contributed by atoms with Gasteiger partial charge in [-0.05, 0) is 12.1 Å². The van der Waals surface area contributed by atoms with E-state index in [-0.39, 0.29) is 12.4 Å². The largest absolute Gasteiger partial charge is 0.489 e. The fourth-order valence-corrected chi connectivity index (χ4v) is 1.90. The van der Waals surface area contributed by atoms with Gasteiger partial charge in [0.1, 0.15) is 17.9 Å². The summed E-state index contributed by atoms with van der Waals surface area (Å²) in [6.45, 7) is 0.135. The van der Waals surface area contributed by atoms with Crippen LogP contribution in [0, 0.1) is 10.1 Å². The molecule has 0 aliphatic carbocycles. The SMILES string of the molecule is O=C(O)c1cc(OCc2ccccc2Cl)ccc1[N+](=O)[O-]. The van der Waals surface area contributed by atoms with Crippen molar-refractivity contribution in [2.75, 3.05) is 0 Å². The molecule has 0 amide bonds. The van der Waals surface area contributed by atoms with Gasteiger partial charge in [0.15, 0.2) is 0 Å². The van der Waals surface area contributed by atoms with Crippen LogP contribution < -0.4 is 4.74 Å². The van der Waals surface area contributed by atoms with E-state index in [4.69, 9.17) is 21.4 Å². The Morgan fingerprint density at radius 2 is 2.00 bits per heavy atom. The maximum Gasteiger partial charge on any atom is 0.342 e. The lowest BCUT2D eigenvalue weighted by Crippen LogP contribution is -2.04. The number of carboxylic acids is 1. The third-order valence-corrected chi connectivity index (χ3v) is 3.12. The van der Waals surface area contributed by atoms with Gasteiger partial charge in [0.25, 0.3) is 5.69 Å². The van der Waals surface area contributed by atoms with Crippen LogP contribution in [0.25, 0.3) is 0 Å². The predicted molar refractivity (Wildman–Crippen MR) is 75.8 cm³/mol. The fraction of sp³-hybridized carbons (Fsp3) is 0.0714. The van der Waals surface area contributed by atoms with Crippen molar-refractivity contribution in [2.24, 2.45) is 0 Å². The highest BCUT2D eigenvalue weighted by Gasteiger charge is 2.20. The van der Waals surface area contributed by atoms with Crippen molar-refractivity contribution in [1.29, 1.82) is 0 Å². The normalized spacial score (nSPS) is 10.1. The van der Waals surface area contributed by atoms with Crippen molar-refractivity contribution in [3.05, 3.63) is 68.7 Å².